The SMILES string of the molecule is CC(=O)NC(C(=O)N1CCCC(C)(C)C1C(=O)O)C(C)C. The molecule has 0 saturated carbocycles. The second kappa shape index (κ2) is 6.45. The van der Waals surface area contributed by atoms with Crippen molar-refractivity contribution < 1.29 is 19.5 Å². The molecule has 2 N–H and O–H groups in total. The number of piperidine rings is 1. The molecule has 120 valence electrons. The molecule has 2 atom stereocenters. The number of likely N-dealkylation sites (tertiary alicyclic amines) is 1. The van der Waals surface area contributed by atoms with Crippen LogP contribution in [0.5, 0.6) is 0 Å². The average molecular weight is 298 g/mol. The van der Waals surface area contributed by atoms with Gasteiger partial charge in [0.1, 0.15) is 12.1 Å². The molecule has 0 radical (unpaired) electrons. The first kappa shape index (κ1) is 17.5. The quantitative estimate of drug-likeness (QED) is 0.817. The number of amides is 2. The average Bonchev–Trinajstić information content (AvgIpc) is 2.32. The fraction of sp³-hybridized carbons (Fsp3) is 0.800. The number of nitrogens with zero attached hydrogens (tertiary/aromatic N) is 1. The Morgan fingerprint density at radius 1 is 1.29 bits per heavy atom. The van der Waals surface area contributed by atoms with E-state index in [4.69, 9.17) is 0 Å². The van der Waals surface area contributed by atoms with Gasteiger partial charge in [0.25, 0.3) is 0 Å². The topological polar surface area (TPSA) is 86.7 Å². The van der Waals surface area contributed by atoms with E-state index in [1.807, 2.05) is 27.7 Å². The van der Waals surface area contributed by atoms with Gasteiger partial charge in [0.2, 0.25) is 11.8 Å². The van der Waals surface area contributed by atoms with Crippen LogP contribution < -0.4 is 5.32 Å². The highest BCUT2D eigenvalue weighted by molar-refractivity contribution is 5.90. The Balaban J connectivity index is 3.06. The van der Waals surface area contributed by atoms with Crippen molar-refractivity contribution in [2.45, 2.75) is 59.5 Å². The van der Waals surface area contributed by atoms with E-state index in [1.54, 1.807) is 0 Å². The minimum atomic E-state index is -0.988. The second-order valence-electron chi connectivity index (χ2n) is 6.79. The first-order valence-corrected chi connectivity index (χ1v) is 7.38. The van der Waals surface area contributed by atoms with Crippen molar-refractivity contribution in [3.63, 3.8) is 0 Å². The van der Waals surface area contributed by atoms with E-state index in [0.29, 0.717) is 6.54 Å². The van der Waals surface area contributed by atoms with Crippen molar-refractivity contribution in [2.75, 3.05) is 6.54 Å². The van der Waals surface area contributed by atoms with Crippen molar-refractivity contribution >= 4 is 17.8 Å². The zero-order valence-corrected chi connectivity index (χ0v) is 13.5. The Bertz CT molecular complexity index is 431. The third kappa shape index (κ3) is 3.95. The number of hydrogen-bond acceptors (Lipinski definition) is 3. The molecule has 1 fully saturated rings. The molecule has 0 spiro atoms. The molecule has 1 rings (SSSR count). The number of carbonyl (C=O) groups excluding carboxylic acids is 2. The Kier molecular flexibility index (Phi) is 5.36. The molecule has 0 aromatic rings. The molecule has 1 aliphatic rings. The van der Waals surface area contributed by atoms with E-state index < -0.39 is 23.5 Å². The van der Waals surface area contributed by atoms with Gasteiger partial charge in [-0.2, -0.15) is 0 Å². The Hall–Kier alpha value is -1.59. The van der Waals surface area contributed by atoms with Crippen LogP contribution in [-0.4, -0.2) is 46.4 Å². The number of carboxylic acids is 1. The summed E-state index contributed by atoms with van der Waals surface area (Å²) in [6, 6.07) is -1.54. The number of rotatable bonds is 4. The monoisotopic (exact) mass is 298 g/mol. The second-order valence-corrected chi connectivity index (χ2v) is 6.79. The van der Waals surface area contributed by atoms with Crippen LogP contribution in [0.4, 0.5) is 0 Å². The molecule has 1 heterocycles. The van der Waals surface area contributed by atoms with Crippen molar-refractivity contribution in [1.82, 2.24) is 10.2 Å². The van der Waals surface area contributed by atoms with Crippen LogP contribution in [0.1, 0.15) is 47.5 Å². The lowest BCUT2D eigenvalue weighted by molar-refractivity contribution is -0.160. The summed E-state index contributed by atoms with van der Waals surface area (Å²) in [4.78, 5) is 37.1. The third-order valence-corrected chi connectivity index (χ3v) is 4.08. The third-order valence-electron chi connectivity index (χ3n) is 4.08. The van der Waals surface area contributed by atoms with E-state index in [1.165, 1.54) is 11.8 Å². The van der Waals surface area contributed by atoms with Crippen molar-refractivity contribution in [1.29, 1.82) is 0 Å². The van der Waals surface area contributed by atoms with Gasteiger partial charge in [0.05, 0.1) is 0 Å². The van der Waals surface area contributed by atoms with Gasteiger partial charge < -0.3 is 15.3 Å². The highest BCUT2D eigenvalue weighted by Gasteiger charge is 2.46. The predicted molar refractivity (Wildman–Crippen MR) is 78.6 cm³/mol. The van der Waals surface area contributed by atoms with Crippen molar-refractivity contribution in [3.8, 4) is 0 Å². The summed E-state index contributed by atoms with van der Waals surface area (Å²) in [5.74, 6) is -1.68. The molecule has 1 saturated heterocycles. The molecule has 0 aromatic heterocycles. The van der Waals surface area contributed by atoms with Crippen LogP contribution >= 0.6 is 0 Å². The lowest BCUT2D eigenvalue weighted by atomic mass is 9.76. The number of nitrogens with one attached hydrogen (secondary N) is 1. The minimum Gasteiger partial charge on any atom is -0.480 e. The van der Waals surface area contributed by atoms with Gasteiger partial charge in [-0.05, 0) is 24.2 Å². The summed E-state index contributed by atoms with van der Waals surface area (Å²) in [5.41, 5.74) is -0.475. The maximum atomic E-state index is 12.7. The molecular formula is C15H26N2O4. The molecule has 0 bridgehead atoms. The molecule has 1 aliphatic heterocycles. The van der Waals surface area contributed by atoms with Gasteiger partial charge in [-0.1, -0.05) is 27.7 Å². The summed E-state index contributed by atoms with van der Waals surface area (Å²) < 4.78 is 0. The number of hydrogen-bond donors (Lipinski definition) is 2. The Labute approximate surface area is 125 Å². The molecule has 2 amide bonds. The maximum absolute atomic E-state index is 12.7. The van der Waals surface area contributed by atoms with Gasteiger partial charge in [0, 0.05) is 13.5 Å². The summed E-state index contributed by atoms with van der Waals surface area (Å²) in [7, 11) is 0. The Morgan fingerprint density at radius 3 is 2.29 bits per heavy atom. The molecule has 0 aromatic carbocycles. The summed E-state index contributed by atoms with van der Waals surface area (Å²) in [6.45, 7) is 9.19. The summed E-state index contributed by atoms with van der Waals surface area (Å²) in [5, 5.41) is 12.2. The van der Waals surface area contributed by atoms with Crippen molar-refractivity contribution in [2.24, 2.45) is 11.3 Å². The first-order valence-electron chi connectivity index (χ1n) is 7.38. The van der Waals surface area contributed by atoms with E-state index in [0.717, 1.165) is 12.8 Å². The largest absolute Gasteiger partial charge is 0.480 e. The molecule has 0 aliphatic carbocycles. The lowest BCUT2D eigenvalue weighted by Gasteiger charge is -2.45. The smallest absolute Gasteiger partial charge is 0.326 e. The molecule has 2 unspecified atom stereocenters. The molecule has 21 heavy (non-hydrogen) atoms. The van der Waals surface area contributed by atoms with E-state index in [2.05, 4.69) is 5.32 Å². The summed E-state index contributed by atoms with van der Waals surface area (Å²) in [6.07, 6.45) is 1.54. The van der Waals surface area contributed by atoms with Crippen LogP contribution in [0, 0.1) is 11.3 Å². The first-order chi connectivity index (χ1) is 9.58. The standard InChI is InChI=1S/C15H26N2O4/c1-9(2)11(16-10(3)18)13(19)17-8-6-7-15(4,5)12(17)14(20)21/h9,11-12H,6-8H2,1-5H3,(H,16,18)(H,20,21). The van der Waals surface area contributed by atoms with Crippen LogP contribution in [0.25, 0.3) is 0 Å². The van der Waals surface area contributed by atoms with Crippen LogP contribution in [0.3, 0.4) is 0 Å². The van der Waals surface area contributed by atoms with Gasteiger partial charge >= 0.3 is 5.97 Å². The van der Waals surface area contributed by atoms with E-state index >= 15 is 0 Å². The zero-order chi connectivity index (χ0) is 16.4. The minimum absolute atomic E-state index is 0.0964. The lowest BCUT2D eigenvalue weighted by Crippen LogP contribution is -2.61. The van der Waals surface area contributed by atoms with E-state index in [-0.39, 0.29) is 17.7 Å². The normalized spacial score (nSPS) is 22.8. The predicted octanol–water partition coefficient (Wildman–Crippen LogP) is 1.25. The van der Waals surface area contributed by atoms with Crippen molar-refractivity contribution in [3.05, 3.63) is 0 Å². The highest BCUT2D eigenvalue weighted by Crippen LogP contribution is 2.35. The Morgan fingerprint density at radius 2 is 1.86 bits per heavy atom. The molecular weight excluding hydrogens is 272 g/mol. The van der Waals surface area contributed by atoms with Crippen LogP contribution in [-0.2, 0) is 14.4 Å². The van der Waals surface area contributed by atoms with Gasteiger partial charge in [-0.25, -0.2) is 4.79 Å². The molecule has 6 nitrogen and oxygen atoms in total. The van der Waals surface area contributed by atoms with Crippen LogP contribution in [0.15, 0.2) is 0 Å². The number of aliphatic carboxylic acids is 1. The fourth-order valence-electron chi connectivity index (χ4n) is 3.01. The highest BCUT2D eigenvalue weighted by atomic mass is 16.4. The summed E-state index contributed by atoms with van der Waals surface area (Å²) >= 11 is 0. The van der Waals surface area contributed by atoms with Gasteiger partial charge in [-0.15, -0.1) is 0 Å². The van der Waals surface area contributed by atoms with Gasteiger partial charge in [-0.3, -0.25) is 9.59 Å². The fourth-order valence-corrected chi connectivity index (χ4v) is 3.01. The van der Waals surface area contributed by atoms with Gasteiger partial charge in [0.15, 0.2) is 0 Å². The molecule has 6 heteroatoms. The maximum Gasteiger partial charge on any atom is 0.326 e. The van der Waals surface area contributed by atoms with Crippen LogP contribution in [0.2, 0.25) is 0 Å². The zero-order valence-electron chi connectivity index (χ0n) is 13.5. The number of carboxylic acid groups (broad SMARTS) is 1. The van der Waals surface area contributed by atoms with E-state index in [9.17, 15) is 19.5 Å². The number of carbonyl (C=O) groups is 3.